The number of hydrogen-bond acceptors (Lipinski definition) is 22. The van der Waals surface area contributed by atoms with Crippen LogP contribution in [0.2, 0.25) is 0 Å². The zero-order valence-corrected chi connectivity index (χ0v) is 33.7. The number of anilines is 1. The number of aliphatic hydroxyl groups excluding tert-OH is 1. The molecule has 57 heavy (non-hydrogen) atoms. The second-order valence-corrected chi connectivity index (χ2v) is 17.3. The first-order chi connectivity index (χ1) is 26.3. The summed E-state index contributed by atoms with van der Waals surface area (Å²) in [6, 6.07) is 0. The van der Waals surface area contributed by atoms with Gasteiger partial charge in [0.25, 0.3) is 0 Å². The largest absolute Gasteiger partial charge is 0.481 e. The van der Waals surface area contributed by atoms with E-state index in [0.29, 0.717) is 0 Å². The van der Waals surface area contributed by atoms with Gasteiger partial charge < -0.3 is 58.3 Å². The zero-order chi connectivity index (χ0) is 42.8. The quantitative estimate of drug-likeness (QED) is 0.104. The number of nitrogens with zero attached hydrogens (tertiary/aromatic N) is 4. The average molecular weight is 876 g/mol. The van der Waals surface area contributed by atoms with Crippen molar-refractivity contribution in [1.29, 1.82) is 0 Å². The molecule has 4 rings (SSSR count). The van der Waals surface area contributed by atoms with Crippen LogP contribution in [0.25, 0.3) is 11.2 Å². The Morgan fingerprint density at radius 3 is 2.14 bits per heavy atom. The number of carbonyl (C=O) groups excluding carboxylic acids is 5. The smallest absolute Gasteiger partial charge is 0.462 e. The lowest BCUT2D eigenvalue weighted by molar-refractivity contribution is -0.301. The standard InChI is InChI=1S/C29H40FN5O19P2S/c1-12(36)45-8-17(47-13(2)37)19-20(48-14(3)38)21(49-15(4)39)22(50-16(5)40)27(51-19)52-55(42,43)54-56(44,57)46-9-28(6)23(30)24(41)29(7,53-28)35-11-34-18-25(31)32-10-33-26(18)35/h10-11,17,19-24,27,41H,8-9H2,1-7H3,(H,42,43)(H,44,57)(H2,31,32,33)/t17-,19?,20?,21?,22?,23-,24+,27?,28-,29-,56?/m1/s1. The number of nitrogen functional groups attached to an aromatic ring is 1. The Kier molecular flexibility index (Phi) is 14.2. The van der Waals surface area contributed by atoms with E-state index in [0.717, 1.165) is 47.9 Å². The molecule has 0 bridgehead atoms. The number of aliphatic hydroxyl groups is 1. The van der Waals surface area contributed by atoms with Gasteiger partial charge in [-0.25, -0.2) is 28.2 Å². The van der Waals surface area contributed by atoms with Crippen LogP contribution in [-0.2, 0) is 92.6 Å². The van der Waals surface area contributed by atoms with Gasteiger partial charge in [-0.05, 0) is 25.7 Å². The predicted octanol–water partition coefficient (Wildman–Crippen LogP) is -0.0491. The minimum Gasteiger partial charge on any atom is -0.462 e. The molecule has 12 atom stereocenters. The van der Waals surface area contributed by atoms with Crippen molar-refractivity contribution < 1.29 is 94.3 Å². The van der Waals surface area contributed by atoms with Crippen LogP contribution in [0.1, 0.15) is 48.5 Å². The third kappa shape index (κ3) is 10.8. The van der Waals surface area contributed by atoms with Crippen molar-refractivity contribution in [2.45, 2.75) is 109 Å². The van der Waals surface area contributed by atoms with Crippen LogP contribution in [0.15, 0.2) is 12.7 Å². The molecule has 7 unspecified atom stereocenters. The Morgan fingerprint density at radius 2 is 1.56 bits per heavy atom. The summed E-state index contributed by atoms with van der Waals surface area (Å²) in [4.78, 5) is 94.1. The topological polar surface area (TPSA) is 325 Å². The first-order valence-electron chi connectivity index (χ1n) is 16.4. The fourth-order valence-corrected chi connectivity index (χ4v) is 9.14. The Labute approximate surface area is 327 Å². The summed E-state index contributed by atoms with van der Waals surface area (Å²) in [5, 5.41) is 11.0. The molecule has 5 N–H and O–H groups in total. The van der Waals surface area contributed by atoms with Gasteiger partial charge in [0.05, 0.1) is 12.9 Å². The van der Waals surface area contributed by atoms with E-state index in [1.165, 1.54) is 17.8 Å². The van der Waals surface area contributed by atoms with Crippen molar-refractivity contribution in [3.05, 3.63) is 12.7 Å². The first kappa shape index (κ1) is 45.9. The maximum atomic E-state index is 15.8. The van der Waals surface area contributed by atoms with Crippen LogP contribution in [0.3, 0.4) is 0 Å². The second kappa shape index (κ2) is 17.6. The van der Waals surface area contributed by atoms with E-state index in [-0.39, 0.29) is 17.0 Å². The minimum absolute atomic E-state index is 0.0165. The van der Waals surface area contributed by atoms with Gasteiger partial charge in [-0.15, -0.1) is 0 Å². The number of rotatable bonds is 15. The number of phosphoric acid groups is 1. The molecule has 4 heterocycles. The maximum absolute atomic E-state index is 15.8. The normalized spacial score (nSPS) is 31.3. The summed E-state index contributed by atoms with van der Waals surface area (Å²) < 4.78 is 83.2. The Balaban J connectivity index is 1.61. The number of ether oxygens (including phenoxy) is 7. The van der Waals surface area contributed by atoms with Crippen molar-refractivity contribution >= 4 is 73.2 Å². The molecular weight excluding hydrogens is 835 g/mol. The molecular formula is C29H40FN5O19P2S. The molecule has 2 aliphatic heterocycles. The molecule has 318 valence electrons. The number of hydrogen-bond donors (Lipinski definition) is 4. The number of halogens is 1. The highest BCUT2D eigenvalue weighted by Gasteiger charge is 2.61. The van der Waals surface area contributed by atoms with Crippen molar-refractivity contribution in [2.24, 2.45) is 0 Å². The minimum atomic E-state index is -5.80. The zero-order valence-electron chi connectivity index (χ0n) is 31.1. The van der Waals surface area contributed by atoms with Crippen molar-refractivity contribution in [3.8, 4) is 0 Å². The molecule has 0 radical (unpaired) electrons. The summed E-state index contributed by atoms with van der Waals surface area (Å²) in [7, 11) is -5.80. The van der Waals surface area contributed by atoms with Crippen molar-refractivity contribution in [1.82, 2.24) is 19.5 Å². The molecule has 0 saturated carbocycles. The van der Waals surface area contributed by atoms with Crippen LogP contribution < -0.4 is 5.73 Å². The fourth-order valence-electron chi connectivity index (χ4n) is 5.98. The van der Waals surface area contributed by atoms with E-state index in [2.05, 4.69) is 15.0 Å². The predicted molar refractivity (Wildman–Crippen MR) is 186 cm³/mol. The first-order valence-corrected chi connectivity index (χ1v) is 20.5. The van der Waals surface area contributed by atoms with Gasteiger partial charge in [-0.2, -0.15) is 0 Å². The molecule has 28 heteroatoms. The Morgan fingerprint density at radius 1 is 0.965 bits per heavy atom. The van der Waals surface area contributed by atoms with Crippen LogP contribution in [0.5, 0.6) is 0 Å². The summed E-state index contributed by atoms with van der Waals surface area (Å²) in [5.41, 5.74) is 1.95. The summed E-state index contributed by atoms with van der Waals surface area (Å²) >= 11 is 4.91. The lowest BCUT2D eigenvalue weighted by Gasteiger charge is -2.45. The maximum Gasteiger partial charge on any atom is 0.481 e. The monoisotopic (exact) mass is 875 g/mol. The number of phosphoric ester groups is 1. The van der Waals surface area contributed by atoms with Crippen LogP contribution >= 0.6 is 14.5 Å². The number of aromatic nitrogens is 4. The van der Waals surface area contributed by atoms with Gasteiger partial charge in [0, 0.05) is 34.6 Å². The highest BCUT2D eigenvalue weighted by molar-refractivity contribution is 8.08. The summed E-state index contributed by atoms with van der Waals surface area (Å²) in [6.07, 6.45) is -13.7. The number of nitrogens with two attached hydrogens (primary N) is 1. The molecule has 2 fully saturated rings. The lowest BCUT2D eigenvalue weighted by Crippen LogP contribution is -2.65. The molecule has 2 aliphatic rings. The molecule has 0 aliphatic carbocycles. The molecule has 0 spiro atoms. The van der Waals surface area contributed by atoms with Crippen LogP contribution in [0.4, 0.5) is 10.2 Å². The fraction of sp³-hybridized carbons (Fsp3) is 0.655. The van der Waals surface area contributed by atoms with Gasteiger partial charge in [0.2, 0.25) is 6.29 Å². The van der Waals surface area contributed by atoms with Gasteiger partial charge in [-0.1, -0.05) is 0 Å². The molecule has 2 aromatic heterocycles. The highest BCUT2D eigenvalue weighted by Crippen LogP contribution is 2.62. The van der Waals surface area contributed by atoms with E-state index in [1.54, 1.807) is 0 Å². The van der Waals surface area contributed by atoms with Crippen LogP contribution in [-0.4, -0.2) is 132 Å². The average Bonchev–Trinajstić information content (AvgIpc) is 3.59. The van der Waals surface area contributed by atoms with E-state index >= 15 is 4.39 Å². The van der Waals surface area contributed by atoms with E-state index in [4.69, 9.17) is 64.1 Å². The number of imidazole rings is 1. The van der Waals surface area contributed by atoms with E-state index in [9.17, 15) is 43.4 Å². The van der Waals surface area contributed by atoms with E-state index < -0.39 is 118 Å². The van der Waals surface area contributed by atoms with Gasteiger partial charge in [0.15, 0.2) is 47.8 Å². The summed E-state index contributed by atoms with van der Waals surface area (Å²) in [5.74, 6) is -5.10. The number of esters is 5. The number of carbonyl (C=O) groups is 5. The summed E-state index contributed by atoms with van der Waals surface area (Å²) in [6.45, 7) is 0.273. The van der Waals surface area contributed by atoms with Crippen molar-refractivity contribution in [3.63, 3.8) is 0 Å². The van der Waals surface area contributed by atoms with Crippen LogP contribution in [0, 0.1) is 0 Å². The SMILES string of the molecule is CC(=O)OC[C@@H](OC(C)=O)C1OC(OP(=O)(O)OP(O)(=S)OC[C@@]2(C)O[C@@](C)(n3cnc4c(N)ncnc43)[C@@H](O)[C@H]2F)C(OC(C)=O)C(OC(C)=O)C1OC(C)=O. The van der Waals surface area contributed by atoms with Crippen molar-refractivity contribution in [2.75, 3.05) is 18.9 Å². The Bertz CT molecular complexity index is 1980. The molecule has 2 saturated heterocycles. The second-order valence-electron chi connectivity index (χ2n) is 12.9. The molecule has 0 amide bonds. The van der Waals surface area contributed by atoms with Gasteiger partial charge >= 0.3 is 44.4 Å². The van der Waals surface area contributed by atoms with Gasteiger partial charge in [-0.3, -0.25) is 33.1 Å². The number of alkyl halides is 1. The molecule has 0 aromatic carbocycles. The molecule has 2 aromatic rings. The number of fused-ring (bicyclic) bond motifs is 1. The van der Waals surface area contributed by atoms with E-state index in [1.807, 2.05) is 0 Å². The third-order valence-electron chi connectivity index (χ3n) is 8.22. The lowest BCUT2D eigenvalue weighted by atomic mass is 9.94. The van der Waals surface area contributed by atoms with Gasteiger partial charge in [0.1, 0.15) is 36.3 Å². The Hall–Kier alpha value is -3.81. The molecule has 24 nitrogen and oxygen atoms in total. The highest BCUT2D eigenvalue weighted by atomic mass is 32.5. The third-order valence-corrected chi connectivity index (χ3v) is 11.7.